The van der Waals surface area contributed by atoms with Gasteiger partial charge in [-0.3, -0.25) is 14.3 Å². The van der Waals surface area contributed by atoms with Crippen molar-refractivity contribution in [2.24, 2.45) is 0 Å². The Labute approximate surface area is 142 Å². The van der Waals surface area contributed by atoms with Crippen LogP contribution in [0.4, 0.5) is 0 Å². The lowest BCUT2D eigenvalue weighted by Crippen LogP contribution is -2.43. The van der Waals surface area contributed by atoms with Gasteiger partial charge >= 0.3 is 5.97 Å². The van der Waals surface area contributed by atoms with Gasteiger partial charge in [0.15, 0.2) is 0 Å². The molecule has 0 rings (SSSR count). The summed E-state index contributed by atoms with van der Waals surface area (Å²) in [7, 11) is 1.28. The summed E-state index contributed by atoms with van der Waals surface area (Å²) in [5.41, 5.74) is 0.187. The third-order valence-electron chi connectivity index (χ3n) is 2.82. The standard InChI is InChI=1S/C16H27NO3S2/c1-12(8-9-21-7)16(5,17-22-15(2,3)4)11-13(18)10-14(19)20-6/h8-9,17H,1,10-11H2,2-7H3/b9-8-. The highest BCUT2D eigenvalue weighted by Crippen LogP contribution is 2.30. The Hall–Kier alpha value is -0.720. The second-order valence-corrected chi connectivity index (χ2v) is 8.56. The van der Waals surface area contributed by atoms with Crippen LogP contribution in [0.1, 0.15) is 40.5 Å². The topological polar surface area (TPSA) is 55.4 Å². The quantitative estimate of drug-likeness (QED) is 0.297. The van der Waals surface area contributed by atoms with Crippen LogP contribution in [-0.2, 0) is 14.3 Å². The van der Waals surface area contributed by atoms with E-state index in [9.17, 15) is 9.59 Å². The Morgan fingerprint density at radius 1 is 1.27 bits per heavy atom. The average molecular weight is 346 g/mol. The fourth-order valence-electron chi connectivity index (χ4n) is 1.50. The molecular weight excluding hydrogens is 318 g/mol. The van der Waals surface area contributed by atoms with Crippen LogP contribution in [0.2, 0.25) is 0 Å². The maximum Gasteiger partial charge on any atom is 0.313 e. The molecule has 6 heteroatoms. The van der Waals surface area contributed by atoms with Gasteiger partial charge in [0.05, 0.1) is 12.6 Å². The summed E-state index contributed by atoms with van der Waals surface area (Å²) in [4.78, 5) is 23.4. The molecular formula is C16H27NO3S2. The lowest BCUT2D eigenvalue weighted by molar-refractivity contribution is -0.143. The van der Waals surface area contributed by atoms with Crippen LogP contribution < -0.4 is 4.72 Å². The normalized spacial score (nSPS) is 14.6. The lowest BCUT2D eigenvalue weighted by Gasteiger charge is -2.33. The molecule has 0 aromatic heterocycles. The first-order valence-electron chi connectivity index (χ1n) is 6.96. The van der Waals surface area contributed by atoms with Crippen LogP contribution in [0, 0.1) is 0 Å². The Morgan fingerprint density at radius 2 is 1.86 bits per heavy atom. The molecule has 0 radical (unpaired) electrons. The molecule has 1 unspecified atom stereocenters. The molecule has 0 aliphatic rings. The summed E-state index contributed by atoms with van der Waals surface area (Å²) in [6, 6.07) is 0. The predicted octanol–water partition coefficient (Wildman–Crippen LogP) is 3.74. The van der Waals surface area contributed by atoms with Gasteiger partial charge in [0, 0.05) is 11.2 Å². The van der Waals surface area contributed by atoms with E-state index in [2.05, 4.69) is 36.8 Å². The number of thioether (sulfide) groups is 1. The molecule has 0 bridgehead atoms. The van der Waals surface area contributed by atoms with Crippen LogP contribution in [0.3, 0.4) is 0 Å². The van der Waals surface area contributed by atoms with Gasteiger partial charge in [-0.15, -0.1) is 11.8 Å². The van der Waals surface area contributed by atoms with Gasteiger partial charge in [-0.25, -0.2) is 0 Å². The third kappa shape index (κ3) is 8.66. The molecule has 0 aliphatic heterocycles. The second-order valence-electron chi connectivity index (χ2n) is 6.18. The summed E-state index contributed by atoms with van der Waals surface area (Å²) in [5, 5.41) is 1.93. The number of esters is 1. The summed E-state index contributed by atoms with van der Waals surface area (Å²) in [6.07, 6.45) is 3.82. The van der Waals surface area contributed by atoms with Crippen molar-refractivity contribution >= 4 is 35.5 Å². The molecule has 1 atom stereocenters. The zero-order valence-electron chi connectivity index (χ0n) is 14.3. The largest absolute Gasteiger partial charge is 0.469 e. The molecule has 0 aromatic carbocycles. The Kier molecular flexibility index (Phi) is 9.12. The first kappa shape index (κ1) is 21.3. The molecule has 0 aliphatic carbocycles. The minimum absolute atomic E-state index is 0.00381. The Balaban J connectivity index is 5.06. The lowest BCUT2D eigenvalue weighted by atomic mass is 9.88. The number of nitrogens with one attached hydrogen (secondary N) is 1. The molecule has 0 spiro atoms. The summed E-state index contributed by atoms with van der Waals surface area (Å²) >= 11 is 3.12. The SMILES string of the molecule is C=C(/C=C\SC)C(C)(CC(=O)CC(=O)OC)NSC(C)(C)C. The van der Waals surface area contributed by atoms with E-state index in [4.69, 9.17) is 0 Å². The van der Waals surface area contributed by atoms with E-state index in [-0.39, 0.29) is 23.4 Å². The van der Waals surface area contributed by atoms with Gasteiger partial charge in [0.2, 0.25) is 0 Å². The van der Waals surface area contributed by atoms with E-state index >= 15 is 0 Å². The van der Waals surface area contributed by atoms with Gasteiger partial charge < -0.3 is 4.74 Å². The Bertz CT molecular complexity index is 441. The number of hydrogen-bond donors (Lipinski definition) is 1. The van der Waals surface area contributed by atoms with Crippen molar-refractivity contribution in [2.45, 2.75) is 50.8 Å². The minimum atomic E-state index is -0.616. The molecule has 0 amide bonds. The van der Waals surface area contributed by atoms with E-state index in [0.717, 1.165) is 5.57 Å². The number of ether oxygens (including phenoxy) is 1. The molecule has 4 nitrogen and oxygen atoms in total. The maximum absolute atomic E-state index is 12.1. The van der Waals surface area contributed by atoms with Crippen molar-refractivity contribution in [1.29, 1.82) is 0 Å². The molecule has 0 fully saturated rings. The smallest absolute Gasteiger partial charge is 0.313 e. The molecule has 1 N–H and O–H groups in total. The highest BCUT2D eigenvalue weighted by molar-refractivity contribution is 8.01. The zero-order chi connectivity index (χ0) is 17.4. The highest BCUT2D eigenvalue weighted by Gasteiger charge is 2.31. The van der Waals surface area contributed by atoms with E-state index in [1.165, 1.54) is 7.11 Å². The van der Waals surface area contributed by atoms with Crippen LogP contribution >= 0.6 is 23.7 Å². The Morgan fingerprint density at radius 3 is 2.32 bits per heavy atom. The van der Waals surface area contributed by atoms with Crippen molar-refractivity contribution in [3.05, 3.63) is 23.6 Å². The second kappa shape index (κ2) is 9.43. The van der Waals surface area contributed by atoms with Crippen molar-refractivity contribution < 1.29 is 14.3 Å². The average Bonchev–Trinajstić information content (AvgIpc) is 2.41. The maximum atomic E-state index is 12.1. The van der Waals surface area contributed by atoms with Crippen molar-refractivity contribution in [3.63, 3.8) is 0 Å². The minimum Gasteiger partial charge on any atom is -0.469 e. The molecule has 126 valence electrons. The fourth-order valence-corrected chi connectivity index (χ4v) is 2.54. The molecule has 22 heavy (non-hydrogen) atoms. The molecule has 0 heterocycles. The summed E-state index contributed by atoms with van der Waals surface area (Å²) < 4.78 is 7.90. The van der Waals surface area contributed by atoms with Crippen LogP contribution in [0.5, 0.6) is 0 Å². The monoisotopic (exact) mass is 345 g/mol. The van der Waals surface area contributed by atoms with E-state index < -0.39 is 11.5 Å². The third-order valence-corrected chi connectivity index (χ3v) is 4.39. The first-order valence-corrected chi connectivity index (χ1v) is 9.07. The number of rotatable bonds is 9. The number of carbonyl (C=O) groups excluding carboxylic acids is 2. The van der Waals surface area contributed by atoms with E-state index in [1.807, 2.05) is 24.7 Å². The molecule has 0 aromatic rings. The van der Waals surface area contributed by atoms with Gasteiger partial charge in [-0.1, -0.05) is 24.6 Å². The molecule has 0 saturated carbocycles. The number of carbonyl (C=O) groups is 2. The van der Waals surface area contributed by atoms with E-state index in [0.29, 0.717) is 0 Å². The van der Waals surface area contributed by atoms with Gasteiger partial charge in [0.25, 0.3) is 0 Å². The number of Topliss-reactive ketones (excluding diaryl/α,β-unsaturated/α-hetero) is 1. The van der Waals surface area contributed by atoms with Gasteiger partial charge in [-0.05, 0) is 44.9 Å². The van der Waals surface area contributed by atoms with Gasteiger partial charge in [-0.2, -0.15) is 0 Å². The summed E-state index contributed by atoms with van der Waals surface area (Å²) in [5.74, 6) is -0.684. The van der Waals surface area contributed by atoms with E-state index in [1.54, 1.807) is 23.7 Å². The highest BCUT2D eigenvalue weighted by atomic mass is 32.2. The first-order chi connectivity index (χ1) is 10.0. The van der Waals surface area contributed by atoms with Crippen molar-refractivity contribution in [3.8, 4) is 0 Å². The fraction of sp³-hybridized carbons (Fsp3) is 0.625. The van der Waals surface area contributed by atoms with Gasteiger partial charge in [0.1, 0.15) is 12.2 Å². The van der Waals surface area contributed by atoms with Crippen LogP contribution in [0.15, 0.2) is 23.6 Å². The zero-order valence-corrected chi connectivity index (χ0v) is 16.0. The number of hydrogen-bond acceptors (Lipinski definition) is 6. The molecule has 0 saturated heterocycles. The van der Waals surface area contributed by atoms with Crippen LogP contribution in [-0.4, -0.2) is 35.4 Å². The number of ketones is 1. The number of methoxy groups -OCH3 is 1. The summed E-state index contributed by atoms with van der Waals surface area (Å²) in [6.45, 7) is 12.3. The van der Waals surface area contributed by atoms with Crippen LogP contribution in [0.25, 0.3) is 0 Å². The van der Waals surface area contributed by atoms with Crippen molar-refractivity contribution in [1.82, 2.24) is 4.72 Å². The predicted molar refractivity (Wildman–Crippen MR) is 96.9 cm³/mol. The van der Waals surface area contributed by atoms with Crippen molar-refractivity contribution in [2.75, 3.05) is 13.4 Å².